The lowest BCUT2D eigenvalue weighted by Crippen LogP contribution is -2.32. The van der Waals surface area contributed by atoms with Crippen molar-refractivity contribution in [3.05, 3.63) is 235 Å². The van der Waals surface area contributed by atoms with Crippen LogP contribution < -0.4 is 4.74 Å². The van der Waals surface area contributed by atoms with Crippen LogP contribution in [-0.2, 0) is 5.41 Å². The Hall–Kier alpha value is -8.35. The first-order valence-electron chi connectivity index (χ1n) is 20.7. The molecule has 2 aliphatic rings. The van der Waals surface area contributed by atoms with Crippen LogP contribution in [0.3, 0.4) is 0 Å². The van der Waals surface area contributed by atoms with Crippen molar-refractivity contribution in [2.45, 2.75) is 5.41 Å². The van der Waals surface area contributed by atoms with Crippen molar-refractivity contribution >= 4 is 0 Å². The van der Waals surface area contributed by atoms with Gasteiger partial charge in [0.05, 0.1) is 16.8 Å². The topological polar surface area (TPSA) is 73.7 Å². The van der Waals surface area contributed by atoms with Gasteiger partial charge in [-0.1, -0.05) is 182 Å². The molecule has 1 aliphatic carbocycles. The molecule has 6 nitrogen and oxygen atoms in total. The van der Waals surface area contributed by atoms with Crippen molar-refractivity contribution in [1.82, 2.24) is 24.9 Å². The van der Waals surface area contributed by atoms with Crippen molar-refractivity contribution < 1.29 is 4.74 Å². The Labute approximate surface area is 359 Å². The first-order valence-corrected chi connectivity index (χ1v) is 20.7. The predicted octanol–water partition coefficient (Wildman–Crippen LogP) is 13.1. The van der Waals surface area contributed by atoms with E-state index in [0.717, 1.165) is 84.1 Å². The number of nitrogens with zero attached hydrogens (tertiary/aromatic N) is 5. The molecule has 0 saturated heterocycles. The van der Waals surface area contributed by atoms with Crippen molar-refractivity contribution in [3.8, 4) is 90.7 Å². The van der Waals surface area contributed by atoms with Crippen molar-refractivity contribution in [1.29, 1.82) is 0 Å². The van der Waals surface area contributed by atoms with Gasteiger partial charge in [-0.3, -0.25) is 0 Å². The molecule has 0 amide bonds. The van der Waals surface area contributed by atoms with Crippen LogP contribution in [0.5, 0.6) is 11.5 Å². The third-order valence-electron chi connectivity index (χ3n) is 12.0. The van der Waals surface area contributed by atoms with Gasteiger partial charge in [-0.25, -0.2) is 24.9 Å². The number of rotatable bonds is 6. The Morgan fingerprint density at radius 2 is 0.645 bits per heavy atom. The molecular weight excluding hydrogens is 759 g/mol. The standard InChI is InChI=1S/C56H35N5O/c1-5-17-36(18-6-1)48-35-49(58-52(57-48)37-19-7-2-8-20-37)40-29-31-44-42(33-40)43-34-41(55-60-53(38-21-9-3-10-22-38)59-54(61-55)39-23-11-4-12-24-39)30-32-45(43)56(44)46-25-13-15-27-50(46)62-51-28-16-14-26-47(51)56/h1-35H. The fourth-order valence-corrected chi connectivity index (χ4v) is 9.21. The molecule has 62 heavy (non-hydrogen) atoms. The molecule has 10 aromatic rings. The zero-order valence-electron chi connectivity index (χ0n) is 33.4. The molecule has 6 heteroatoms. The second-order valence-corrected chi connectivity index (χ2v) is 15.6. The summed E-state index contributed by atoms with van der Waals surface area (Å²) < 4.78 is 6.66. The van der Waals surface area contributed by atoms with E-state index in [4.69, 9.17) is 29.7 Å². The van der Waals surface area contributed by atoms with E-state index < -0.39 is 5.41 Å². The Balaban J connectivity index is 1.11. The van der Waals surface area contributed by atoms with Crippen LogP contribution in [0, 0.1) is 0 Å². The Morgan fingerprint density at radius 3 is 1.15 bits per heavy atom. The monoisotopic (exact) mass is 793 g/mol. The summed E-state index contributed by atoms with van der Waals surface area (Å²) in [5.74, 6) is 4.19. The molecular formula is C56H35N5O. The Kier molecular flexibility index (Phi) is 8.28. The molecule has 0 saturated carbocycles. The first kappa shape index (κ1) is 35.6. The van der Waals surface area contributed by atoms with E-state index in [9.17, 15) is 0 Å². The van der Waals surface area contributed by atoms with E-state index >= 15 is 0 Å². The largest absolute Gasteiger partial charge is 0.457 e. The van der Waals surface area contributed by atoms with Gasteiger partial charge in [-0.2, -0.15) is 0 Å². The van der Waals surface area contributed by atoms with E-state index in [1.807, 2.05) is 109 Å². The highest BCUT2D eigenvalue weighted by Gasteiger charge is 2.51. The van der Waals surface area contributed by atoms with Crippen LogP contribution >= 0.6 is 0 Å². The number of para-hydroxylation sites is 2. The van der Waals surface area contributed by atoms with E-state index in [1.165, 1.54) is 5.56 Å². The molecule has 0 fully saturated rings. The molecule has 12 rings (SSSR count). The minimum Gasteiger partial charge on any atom is -0.457 e. The molecule has 8 aromatic carbocycles. The van der Waals surface area contributed by atoms with E-state index in [2.05, 4.69) is 103 Å². The van der Waals surface area contributed by atoms with Gasteiger partial charge in [-0.15, -0.1) is 0 Å². The number of fused-ring (bicyclic) bond motifs is 9. The smallest absolute Gasteiger partial charge is 0.164 e. The normalized spacial score (nSPS) is 12.8. The fourth-order valence-electron chi connectivity index (χ4n) is 9.21. The Morgan fingerprint density at radius 1 is 0.274 bits per heavy atom. The summed E-state index contributed by atoms with van der Waals surface area (Å²) in [6.45, 7) is 0. The highest BCUT2D eigenvalue weighted by atomic mass is 16.5. The minimum absolute atomic E-state index is 0.600. The quantitative estimate of drug-likeness (QED) is 0.167. The van der Waals surface area contributed by atoms with Gasteiger partial charge < -0.3 is 4.74 Å². The molecule has 290 valence electrons. The number of hydrogen-bond acceptors (Lipinski definition) is 6. The molecule has 1 spiro atoms. The summed E-state index contributed by atoms with van der Waals surface area (Å²) in [4.78, 5) is 25.6. The summed E-state index contributed by atoms with van der Waals surface area (Å²) in [6, 6.07) is 73.2. The van der Waals surface area contributed by atoms with Crippen LogP contribution in [0.1, 0.15) is 22.3 Å². The number of benzene rings is 8. The third kappa shape index (κ3) is 5.76. The molecule has 0 atom stereocenters. The van der Waals surface area contributed by atoms with Gasteiger partial charge in [0.15, 0.2) is 23.3 Å². The van der Waals surface area contributed by atoms with Crippen LogP contribution in [-0.4, -0.2) is 24.9 Å². The average molecular weight is 794 g/mol. The molecule has 0 radical (unpaired) electrons. The summed E-state index contributed by atoms with van der Waals surface area (Å²) in [7, 11) is 0. The molecule has 1 aliphatic heterocycles. The van der Waals surface area contributed by atoms with Crippen LogP contribution in [0.25, 0.3) is 79.2 Å². The van der Waals surface area contributed by atoms with Crippen molar-refractivity contribution in [3.63, 3.8) is 0 Å². The van der Waals surface area contributed by atoms with E-state index in [1.54, 1.807) is 0 Å². The van der Waals surface area contributed by atoms with Crippen molar-refractivity contribution in [2.75, 3.05) is 0 Å². The van der Waals surface area contributed by atoms with E-state index in [0.29, 0.717) is 23.3 Å². The first-order chi connectivity index (χ1) is 30.7. The maximum Gasteiger partial charge on any atom is 0.164 e. The fraction of sp³-hybridized carbons (Fsp3) is 0.0179. The lowest BCUT2D eigenvalue weighted by molar-refractivity contribution is 0.436. The lowest BCUT2D eigenvalue weighted by Gasteiger charge is -2.39. The maximum absolute atomic E-state index is 6.66. The van der Waals surface area contributed by atoms with E-state index in [-0.39, 0.29) is 0 Å². The molecule has 0 N–H and O–H groups in total. The van der Waals surface area contributed by atoms with Crippen LogP contribution in [0.15, 0.2) is 212 Å². The second kappa shape index (κ2) is 14.4. The second-order valence-electron chi connectivity index (χ2n) is 15.6. The van der Waals surface area contributed by atoms with Crippen molar-refractivity contribution in [2.24, 2.45) is 0 Å². The van der Waals surface area contributed by atoms with Gasteiger partial charge in [0, 0.05) is 44.5 Å². The minimum atomic E-state index is -0.660. The Bertz CT molecular complexity index is 2980. The maximum atomic E-state index is 6.66. The third-order valence-corrected chi connectivity index (χ3v) is 12.0. The van der Waals surface area contributed by atoms with Crippen LogP contribution in [0.4, 0.5) is 0 Å². The number of hydrogen-bond donors (Lipinski definition) is 0. The molecule has 0 bridgehead atoms. The molecule has 2 aromatic heterocycles. The van der Waals surface area contributed by atoms with Gasteiger partial charge in [0.1, 0.15) is 11.5 Å². The molecule has 0 unspecified atom stereocenters. The molecule has 3 heterocycles. The zero-order valence-corrected chi connectivity index (χ0v) is 33.4. The summed E-state index contributed by atoms with van der Waals surface area (Å²) in [5, 5.41) is 0. The highest BCUT2D eigenvalue weighted by molar-refractivity contribution is 5.92. The highest BCUT2D eigenvalue weighted by Crippen LogP contribution is 2.62. The van der Waals surface area contributed by atoms with Gasteiger partial charge in [0.2, 0.25) is 0 Å². The average Bonchev–Trinajstić information content (AvgIpc) is 3.64. The summed E-state index contributed by atoms with van der Waals surface area (Å²) in [5.41, 5.74) is 13.5. The summed E-state index contributed by atoms with van der Waals surface area (Å²) >= 11 is 0. The van der Waals surface area contributed by atoms with Crippen LogP contribution in [0.2, 0.25) is 0 Å². The SMILES string of the molecule is c1ccc(-c2cc(-c3ccc4c(c3)-c3cc(-c5nc(-c6ccccc6)nc(-c6ccccc6)n5)ccc3C43c4ccccc4Oc4ccccc43)nc(-c3ccccc3)n2)cc1. The zero-order chi connectivity index (χ0) is 41.0. The summed E-state index contributed by atoms with van der Waals surface area (Å²) in [6.07, 6.45) is 0. The number of ether oxygens (including phenoxy) is 1. The number of aromatic nitrogens is 5. The van der Waals surface area contributed by atoms with Gasteiger partial charge >= 0.3 is 0 Å². The van der Waals surface area contributed by atoms with Gasteiger partial charge in [-0.05, 0) is 52.6 Å². The van der Waals surface area contributed by atoms with Gasteiger partial charge in [0.25, 0.3) is 0 Å². The predicted molar refractivity (Wildman–Crippen MR) is 245 cm³/mol. The lowest BCUT2D eigenvalue weighted by atomic mass is 9.66.